The summed E-state index contributed by atoms with van der Waals surface area (Å²) < 4.78 is 28.6. The summed E-state index contributed by atoms with van der Waals surface area (Å²) in [5.74, 6) is -0.474. The van der Waals surface area contributed by atoms with Crippen molar-refractivity contribution in [3.05, 3.63) is 35.7 Å². The zero-order chi connectivity index (χ0) is 17.4. The van der Waals surface area contributed by atoms with Crippen molar-refractivity contribution in [2.24, 2.45) is 5.92 Å². The lowest BCUT2D eigenvalue weighted by atomic mass is 10.00. The summed E-state index contributed by atoms with van der Waals surface area (Å²) in [7, 11) is 0. The molecular formula is C17H20F2N4O. The molecule has 0 radical (unpaired) electrons. The van der Waals surface area contributed by atoms with Crippen molar-refractivity contribution >= 4 is 5.91 Å². The van der Waals surface area contributed by atoms with Crippen LogP contribution in [0, 0.1) is 17.6 Å². The highest BCUT2D eigenvalue weighted by Crippen LogP contribution is 2.32. The zero-order valence-electron chi connectivity index (χ0n) is 14.0. The molecule has 5 nitrogen and oxygen atoms in total. The molecule has 1 aromatic heterocycles. The maximum absolute atomic E-state index is 13.6. The number of benzene rings is 1. The van der Waals surface area contributed by atoms with Crippen molar-refractivity contribution in [3.63, 3.8) is 0 Å². The number of carbonyl (C=O) groups is 1. The molecule has 0 bridgehead atoms. The molecular weight excluding hydrogens is 314 g/mol. The summed E-state index contributed by atoms with van der Waals surface area (Å²) in [6, 6.07) is 3.19. The van der Waals surface area contributed by atoms with Gasteiger partial charge in [0.05, 0.1) is 6.54 Å². The molecule has 2 aromatic rings. The average Bonchev–Trinajstić information content (AvgIpc) is 2.96. The number of carbonyl (C=O) groups excluding carboxylic acids is 1. The van der Waals surface area contributed by atoms with E-state index in [1.807, 2.05) is 20.8 Å². The van der Waals surface area contributed by atoms with Crippen molar-refractivity contribution < 1.29 is 13.6 Å². The molecule has 0 unspecified atom stereocenters. The zero-order valence-corrected chi connectivity index (χ0v) is 14.0. The van der Waals surface area contributed by atoms with Crippen LogP contribution in [0.15, 0.2) is 18.2 Å². The summed E-state index contributed by atoms with van der Waals surface area (Å²) in [6.07, 6.45) is 0.636. The van der Waals surface area contributed by atoms with E-state index >= 15 is 0 Å². The molecule has 24 heavy (non-hydrogen) atoms. The minimum absolute atomic E-state index is 0.0160. The first kappa shape index (κ1) is 16.5. The van der Waals surface area contributed by atoms with Crippen molar-refractivity contribution in [1.29, 1.82) is 0 Å². The lowest BCUT2D eigenvalue weighted by Crippen LogP contribution is -2.43. The van der Waals surface area contributed by atoms with Crippen LogP contribution in [0.5, 0.6) is 0 Å². The predicted molar refractivity (Wildman–Crippen MR) is 85.0 cm³/mol. The standard InChI is InChI=1S/C17H20F2N4O/c1-4-22-9-15-20-21-16(11-5-6-12(18)13(19)8-11)23(15)14(17(22)24)7-10(2)3/h5-6,8,10,14H,4,7,9H2,1-3H3/t14-/m0/s1. The second kappa shape index (κ2) is 6.30. The molecule has 0 aliphatic carbocycles. The molecule has 0 spiro atoms. The van der Waals surface area contributed by atoms with Gasteiger partial charge in [0.1, 0.15) is 6.04 Å². The SMILES string of the molecule is CCN1Cc2nnc(-c3ccc(F)c(F)c3)n2[C@@H](CC(C)C)C1=O. The number of likely N-dealkylation sites (N-methyl/N-ethyl adjacent to an activating group) is 1. The number of rotatable bonds is 4. The fourth-order valence-corrected chi connectivity index (χ4v) is 3.08. The van der Waals surface area contributed by atoms with Gasteiger partial charge in [-0.15, -0.1) is 10.2 Å². The fraction of sp³-hybridized carbons (Fsp3) is 0.471. The van der Waals surface area contributed by atoms with Gasteiger partial charge in [-0.2, -0.15) is 0 Å². The first-order valence-electron chi connectivity index (χ1n) is 8.10. The summed E-state index contributed by atoms with van der Waals surface area (Å²) in [5.41, 5.74) is 0.416. The molecule has 1 amide bonds. The molecule has 0 N–H and O–H groups in total. The Morgan fingerprint density at radius 1 is 1.25 bits per heavy atom. The monoisotopic (exact) mass is 334 g/mol. The number of halogens is 2. The van der Waals surface area contributed by atoms with Crippen molar-refractivity contribution in [1.82, 2.24) is 19.7 Å². The van der Waals surface area contributed by atoms with Gasteiger partial charge in [0, 0.05) is 12.1 Å². The molecule has 1 atom stereocenters. The third kappa shape index (κ3) is 2.79. The summed E-state index contributed by atoms with van der Waals surface area (Å²) in [4.78, 5) is 14.5. The normalized spacial score (nSPS) is 17.5. The highest BCUT2D eigenvalue weighted by atomic mass is 19.2. The molecule has 0 fully saturated rings. The number of aromatic nitrogens is 3. The minimum Gasteiger partial charge on any atom is -0.334 e. The Morgan fingerprint density at radius 3 is 2.62 bits per heavy atom. The van der Waals surface area contributed by atoms with Crippen LogP contribution in [0.4, 0.5) is 8.78 Å². The van der Waals surface area contributed by atoms with Crippen LogP contribution >= 0.6 is 0 Å². The molecule has 3 rings (SSSR count). The van der Waals surface area contributed by atoms with Gasteiger partial charge in [0.2, 0.25) is 5.91 Å². The van der Waals surface area contributed by atoms with E-state index in [9.17, 15) is 13.6 Å². The number of hydrogen-bond donors (Lipinski definition) is 0. The van der Waals surface area contributed by atoms with Gasteiger partial charge in [-0.3, -0.25) is 9.36 Å². The summed E-state index contributed by atoms with van der Waals surface area (Å²) in [5, 5.41) is 8.32. The number of hydrogen-bond acceptors (Lipinski definition) is 3. The number of nitrogens with zero attached hydrogens (tertiary/aromatic N) is 4. The molecule has 0 saturated carbocycles. The molecule has 1 aliphatic rings. The molecule has 0 saturated heterocycles. The number of amides is 1. The Hall–Kier alpha value is -2.31. The smallest absolute Gasteiger partial charge is 0.246 e. The number of fused-ring (bicyclic) bond motifs is 1. The van der Waals surface area contributed by atoms with Crippen LogP contribution in [-0.4, -0.2) is 32.1 Å². The first-order valence-corrected chi connectivity index (χ1v) is 8.10. The minimum atomic E-state index is -0.942. The third-order valence-electron chi connectivity index (χ3n) is 4.26. The summed E-state index contributed by atoms with van der Waals surface area (Å²) in [6.45, 7) is 6.98. The second-order valence-corrected chi connectivity index (χ2v) is 6.44. The van der Waals surface area contributed by atoms with Crippen molar-refractivity contribution in [2.75, 3.05) is 6.54 Å². The average molecular weight is 334 g/mol. The Morgan fingerprint density at radius 2 is 2.00 bits per heavy atom. The largest absolute Gasteiger partial charge is 0.334 e. The fourth-order valence-electron chi connectivity index (χ4n) is 3.08. The van der Waals surface area contributed by atoms with E-state index in [0.29, 0.717) is 42.6 Å². The van der Waals surface area contributed by atoms with Gasteiger partial charge in [-0.25, -0.2) is 8.78 Å². The maximum Gasteiger partial charge on any atom is 0.246 e. The van der Waals surface area contributed by atoms with E-state index in [-0.39, 0.29) is 5.91 Å². The van der Waals surface area contributed by atoms with Crippen LogP contribution in [0.3, 0.4) is 0 Å². The van der Waals surface area contributed by atoms with Crippen molar-refractivity contribution in [3.8, 4) is 11.4 Å². The third-order valence-corrected chi connectivity index (χ3v) is 4.26. The van der Waals surface area contributed by atoms with Gasteiger partial charge in [0.15, 0.2) is 23.3 Å². The van der Waals surface area contributed by atoms with E-state index in [4.69, 9.17) is 0 Å². The van der Waals surface area contributed by atoms with Crippen molar-refractivity contribution in [2.45, 2.75) is 39.8 Å². The highest BCUT2D eigenvalue weighted by Gasteiger charge is 2.36. The maximum atomic E-state index is 13.6. The molecule has 1 aromatic carbocycles. The van der Waals surface area contributed by atoms with Gasteiger partial charge >= 0.3 is 0 Å². The van der Waals surface area contributed by atoms with Crippen LogP contribution < -0.4 is 0 Å². The van der Waals surface area contributed by atoms with E-state index in [0.717, 1.165) is 12.1 Å². The van der Waals surface area contributed by atoms with Crippen LogP contribution in [0.2, 0.25) is 0 Å². The Balaban J connectivity index is 2.11. The van der Waals surface area contributed by atoms with Crippen LogP contribution in [0.25, 0.3) is 11.4 Å². The van der Waals surface area contributed by atoms with Gasteiger partial charge < -0.3 is 4.90 Å². The Labute approximate surface area is 139 Å². The van der Waals surface area contributed by atoms with E-state index in [1.165, 1.54) is 6.07 Å². The van der Waals surface area contributed by atoms with Gasteiger partial charge in [-0.05, 0) is 37.5 Å². The lowest BCUT2D eigenvalue weighted by Gasteiger charge is -2.34. The molecule has 2 heterocycles. The quantitative estimate of drug-likeness (QED) is 0.863. The molecule has 7 heteroatoms. The van der Waals surface area contributed by atoms with Gasteiger partial charge in [0.25, 0.3) is 0 Å². The van der Waals surface area contributed by atoms with Crippen LogP contribution in [-0.2, 0) is 11.3 Å². The first-order chi connectivity index (χ1) is 11.4. The van der Waals surface area contributed by atoms with E-state index in [1.54, 1.807) is 9.47 Å². The lowest BCUT2D eigenvalue weighted by molar-refractivity contribution is -0.137. The molecule has 128 valence electrons. The topological polar surface area (TPSA) is 51.0 Å². The Bertz CT molecular complexity index is 772. The van der Waals surface area contributed by atoms with E-state index in [2.05, 4.69) is 10.2 Å². The highest BCUT2D eigenvalue weighted by molar-refractivity contribution is 5.82. The van der Waals surface area contributed by atoms with E-state index < -0.39 is 17.7 Å². The second-order valence-electron chi connectivity index (χ2n) is 6.44. The van der Waals surface area contributed by atoms with Gasteiger partial charge in [-0.1, -0.05) is 13.8 Å². The van der Waals surface area contributed by atoms with Crippen LogP contribution in [0.1, 0.15) is 39.1 Å². The predicted octanol–water partition coefficient (Wildman–Crippen LogP) is 3.17. The molecule has 1 aliphatic heterocycles. The summed E-state index contributed by atoms with van der Waals surface area (Å²) >= 11 is 0. The Kier molecular flexibility index (Phi) is 4.34.